The van der Waals surface area contributed by atoms with E-state index < -0.39 is 0 Å². The van der Waals surface area contributed by atoms with Gasteiger partial charge in [0.15, 0.2) is 0 Å². The molecule has 1 aromatic carbocycles. The molecule has 1 N–H and O–H groups in total. The normalized spacial score (nSPS) is 10.8. The van der Waals surface area contributed by atoms with Crippen LogP contribution in [0.15, 0.2) is 18.2 Å². The first kappa shape index (κ1) is 11.6. The van der Waals surface area contributed by atoms with Gasteiger partial charge in [-0.25, -0.2) is 0 Å². The number of fused-ring (bicyclic) bond motifs is 1. The van der Waals surface area contributed by atoms with Crippen molar-refractivity contribution in [1.82, 2.24) is 4.98 Å². The first-order valence-electron chi connectivity index (χ1n) is 5.43. The molecule has 0 amide bonds. The van der Waals surface area contributed by atoms with Crippen LogP contribution < -0.4 is 5.32 Å². The van der Waals surface area contributed by atoms with Crippen LogP contribution in [0.3, 0.4) is 0 Å². The zero-order chi connectivity index (χ0) is 11.7. The van der Waals surface area contributed by atoms with E-state index in [1.165, 1.54) is 20.2 Å². The van der Waals surface area contributed by atoms with Crippen LogP contribution in [0, 0.1) is 17.4 Å². The molecule has 84 valence electrons. The Kier molecular flexibility index (Phi) is 3.33. The fraction of sp³-hybridized carbons (Fsp3) is 0.308. The minimum Gasteiger partial charge on any atom is -0.385 e. The highest BCUT2D eigenvalue weighted by molar-refractivity contribution is 14.1. The molecule has 1 aromatic heterocycles. The largest absolute Gasteiger partial charge is 0.385 e. The standard InChI is InChI=1S/C13H15IN2/c1-4-15-13-8(2)9(3)16-12-6-5-10(14)7-11(12)13/h5-7H,4H2,1-3H3,(H,15,16). The fourth-order valence-electron chi connectivity index (χ4n) is 1.86. The number of halogens is 1. The zero-order valence-electron chi connectivity index (χ0n) is 9.76. The van der Waals surface area contributed by atoms with Gasteiger partial charge in [-0.1, -0.05) is 0 Å². The van der Waals surface area contributed by atoms with Crippen LogP contribution in [0.4, 0.5) is 5.69 Å². The lowest BCUT2D eigenvalue weighted by Crippen LogP contribution is -2.03. The van der Waals surface area contributed by atoms with Crippen LogP contribution in [-0.2, 0) is 0 Å². The van der Waals surface area contributed by atoms with E-state index in [4.69, 9.17) is 0 Å². The second kappa shape index (κ2) is 4.57. The van der Waals surface area contributed by atoms with Crippen LogP contribution in [0.2, 0.25) is 0 Å². The highest BCUT2D eigenvalue weighted by Crippen LogP contribution is 2.28. The van der Waals surface area contributed by atoms with Crippen molar-refractivity contribution in [1.29, 1.82) is 0 Å². The third-order valence-corrected chi connectivity index (χ3v) is 3.46. The van der Waals surface area contributed by atoms with Crippen LogP contribution in [0.25, 0.3) is 10.9 Å². The van der Waals surface area contributed by atoms with Crippen LogP contribution in [-0.4, -0.2) is 11.5 Å². The van der Waals surface area contributed by atoms with E-state index in [0.717, 1.165) is 17.8 Å². The van der Waals surface area contributed by atoms with Crippen LogP contribution in [0.1, 0.15) is 18.2 Å². The number of aromatic nitrogens is 1. The topological polar surface area (TPSA) is 24.9 Å². The van der Waals surface area contributed by atoms with E-state index in [1.807, 2.05) is 0 Å². The second-order valence-electron chi connectivity index (χ2n) is 3.89. The molecule has 2 aromatic rings. The summed E-state index contributed by atoms with van der Waals surface area (Å²) in [6.07, 6.45) is 0. The summed E-state index contributed by atoms with van der Waals surface area (Å²) in [5.41, 5.74) is 4.64. The van der Waals surface area contributed by atoms with Gasteiger partial charge in [0.05, 0.1) is 5.52 Å². The molecule has 0 atom stereocenters. The lowest BCUT2D eigenvalue weighted by Gasteiger charge is -2.13. The molecular weight excluding hydrogens is 311 g/mol. The monoisotopic (exact) mass is 326 g/mol. The number of aryl methyl sites for hydroxylation is 1. The van der Waals surface area contributed by atoms with Crippen molar-refractivity contribution in [2.24, 2.45) is 0 Å². The predicted octanol–water partition coefficient (Wildman–Crippen LogP) is 3.89. The van der Waals surface area contributed by atoms with E-state index in [0.29, 0.717) is 0 Å². The minimum atomic E-state index is 0.935. The Labute approximate surface area is 110 Å². The highest BCUT2D eigenvalue weighted by Gasteiger charge is 2.08. The molecular formula is C13H15IN2. The number of benzene rings is 1. The molecule has 0 aliphatic rings. The number of anilines is 1. The molecule has 0 aliphatic carbocycles. The van der Waals surface area contributed by atoms with Gasteiger partial charge in [0.1, 0.15) is 0 Å². The molecule has 0 radical (unpaired) electrons. The smallest absolute Gasteiger partial charge is 0.0726 e. The summed E-state index contributed by atoms with van der Waals surface area (Å²) in [4.78, 5) is 4.62. The molecule has 2 nitrogen and oxygen atoms in total. The minimum absolute atomic E-state index is 0.935. The van der Waals surface area contributed by atoms with Crippen molar-refractivity contribution in [2.45, 2.75) is 20.8 Å². The van der Waals surface area contributed by atoms with Gasteiger partial charge in [-0.05, 0) is 67.1 Å². The van der Waals surface area contributed by atoms with Crippen LogP contribution in [0.5, 0.6) is 0 Å². The molecule has 0 saturated carbocycles. The van der Waals surface area contributed by atoms with Crippen molar-refractivity contribution in [2.75, 3.05) is 11.9 Å². The van der Waals surface area contributed by atoms with E-state index in [2.05, 4.69) is 71.9 Å². The summed E-state index contributed by atoms with van der Waals surface area (Å²) in [5, 5.41) is 4.66. The molecule has 0 bridgehead atoms. The number of hydrogen-bond acceptors (Lipinski definition) is 2. The number of rotatable bonds is 2. The SMILES string of the molecule is CCNc1c(C)c(C)nc2ccc(I)cc12. The summed E-state index contributed by atoms with van der Waals surface area (Å²) >= 11 is 2.34. The molecule has 1 heterocycles. The quantitative estimate of drug-likeness (QED) is 0.847. The zero-order valence-corrected chi connectivity index (χ0v) is 11.9. The summed E-state index contributed by atoms with van der Waals surface area (Å²) in [7, 11) is 0. The Hall–Kier alpha value is -0.840. The third-order valence-electron chi connectivity index (χ3n) is 2.79. The van der Waals surface area contributed by atoms with E-state index in [1.54, 1.807) is 0 Å². The lowest BCUT2D eigenvalue weighted by molar-refractivity contribution is 1.15. The molecule has 3 heteroatoms. The Bertz CT molecular complexity index is 535. The van der Waals surface area contributed by atoms with Gasteiger partial charge in [0, 0.05) is 26.9 Å². The maximum atomic E-state index is 4.62. The van der Waals surface area contributed by atoms with Crippen molar-refractivity contribution in [3.05, 3.63) is 33.0 Å². The van der Waals surface area contributed by atoms with E-state index >= 15 is 0 Å². The number of nitrogens with one attached hydrogen (secondary N) is 1. The van der Waals surface area contributed by atoms with Crippen molar-refractivity contribution in [3.63, 3.8) is 0 Å². The number of nitrogens with zero attached hydrogens (tertiary/aromatic N) is 1. The van der Waals surface area contributed by atoms with Crippen molar-refractivity contribution < 1.29 is 0 Å². The highest BCUT2D eigenvalue weighted by atomic mass is 127. The van der Waals surface area contributed by atoms with Gasteiger partial charge < -0.3 is 5.32 Å². The molecule has 0 saturated heterocycles. The van der Waals surface area contributed by atoms with Crippen LogP contribution >= 0.6 is 22.6 Å². The Morgan fingerprint density at radius 3 is 2.75 bits per heavy atom. The molecule has 0 unspecified atom stereocenters. The second-order valence-corrected chi connectivity index (χ2v) is 5.13. The maximum absolute atomic E-state index is 4.62. The molecule has 0 aliphatic heterocycles. The first-order chi connectivity index (χ1) is 7.63. The molecule has 0 spiro atoms. The summed E-state index contributed by atoms with van der Waals surface area (Å²) in [6.45, 7) is 7.24. The van der Waals surface area contributed by atoms with E-state index in [-0.39, 0.29) is 0 Å². The Balaban J connectivity index is 2.79. The van der Waals surface area contributed by atoms with Gasteiger partial charge in [-0.3, -0.25) is 4.98 Å². The third kappa shape index (κ3) is 2.00. The van der Waals surface area contributed by atoms with Crippen molar-refractivity contribution in [3.8, 4) is 0 Å². The van der Waals surface area contributed by atoms with Gasteiger partial charge in [-0.2, -0.15) is 0 Å². The van der Waals surface area contributed by atoms with E-state index in [9.17, 15) is 0 Å². The van der Waals surface area contributed by atoms with Gasteiger partial charge in [0.2, 0.25) is 0 Å². The lowest BCUT2D eigenvalue weighted by atomic mass is 10.1. The fourth-order valence-corrected chi connectivity index (χ4v) is 2.35. The first-order valence-corrected chi connectivity index (χ1v) is 6.51. The molecule has 2 rings (SSSR count). The average molecular weight is 326 g/mol. The average Bonchev–Trinajstić information content (AvgIpc) is 2.26. The Morgan fingerprint density at radius 1 is 1.31 bits per heavy atom. The van der Waals surface area contributed by atoms with Gasteiger partial charge in [0.25, 0.3) is 0 Å². The maximum Gasteiger partial charge on any atom is 0.0726 e. The number of pyridine rings is 1. The van der Waals surface area contributed by atoms with Gasteiger partial charge >= 0.3 is 0 Å². The summed E-state index contributed by atoms with van der Waals surface area (Å²) in [5.74, 6) is 0. The molecule has 16 heavy (non-hydrogen) atoms. The Morgan fingerprint density at radius 2 is 2.06 bits per heavy atom. The summed E-state index contributed by atoms with van der Waals surface area (Å²) in [6, 6.07) is 6.37. The predicted molar refractivity (Wildman–Crippen MR) is 78.1 cm³/mol. The number of hydrogen-bond donors (Lipinski definition) is 1. The van der Waals surface area contributed by atoms with Crippen molar-refractivity contribution >= 4 is 39.2 Å². The molecule has 0 fully saturated rings. The summed E-state index contributed by atoms with van der Waals surface area (Å²) < 4.78 is 1.24. The van der Waals surface area contributed by atoms with Gasteiger partial charge in [-0.15, -0.1) is 0 Å².